The first-order valence-corrected chi connectivity index (χ1v) is 13.9. The summed E-state index contributed by atoms with van der Waals surface area (Å²) in [4.78, 5) is 55.8. The standard InChI is InChI=1S/C30H39N5O5/c1-21-30(39)34(2)16-17-40-26-9-5-4-8-24(26)28(37)33-25(18-27(36)32-21)29(38)31-19-22-10-12-23(13-11-22)20-35-14-6-3-7-15-35/h4-5,8-13,21,25H,3,6-7,14-20H2,1-2H3,(H,31,38)(H,32,36)(H,33,37)/t21-,25-/m0/s1. The topological polar surface area (TPSA) is 120 Å². The van der Waals surface area contributed by atoms with Crippen molar-refractivity contribution in [3.8, 4) is 5.75 Å². The molecule has 0 aromatic heterocycles. The van der Waals surface area contributed by atoms with Gasteiger partial charge in [0.25, 0.3) is 5.91 Å². The highest BCUT2D eigenvalue weighted by molar-refractivity contribution is 6.01. The Morgan fingerprint density at radius 1 is 0.950 bits per heavy atom. The molecule has 3 N–H and O–H groups in total. The Balaban J connectivity index is 1.44. The third-order valence-corrected chi connectivity index (χ3v) is 7.30. The fourth-order valence-electron chi connectivity index (χ4n) is 4.96. The summed E-state index contributed by atoms with van der Waals surface area (Å²) in [6.07, 6.45) is 3.46. The summed E-state index contributed by atoms with van der Waals surface area (Å²) < 4.78 is 5.79. The zero-order valence-corrected chi connectivity index (χ0v) is 23.3. The van der Waals surface area contributed by atoms with Gasteiger partial charge in [0.2, 0.25) is 17.7 Å². The predicted octanol–water partition coefficient (Wildman–Crippen LogP) is 1.83. The molecule has 2 heterocycles. The lowest BCUT2D eigenvalue weighted by molar-refractivity contribution is -0.135. The van der Waals surface area contributed by atoms with Gasteiger partial charge in [-0.3, -0.25) is 24.1 Å². The lowest BCUT2D eigenvalue weighted by atomic mass is 10.1. The van der Waals surface area contributed by atoms with Gasteiger partial charge in [-0.2, -0.15) is 0 Å². The number of fused-ring (bicyclic) bond motifs is 1. The summed E-state index contributed by atoms with van der Waals surface area (Å²) in [5.74, 6) is -1.49. The summed E-state index contributed by atoms with van der Waals surface area (Å²) in [6.45, 7) is 5.43. The van der Waals surface area contributed by atoms with Gasteiger partial charge < -0.3 is 25.6 Å². The van der Waals surface area contributed by atoms with Crippen LogP contribution in [0.1, 0.15) is 54.1 Å². The van der Waals surface area contributed by atoms with Crippen LogP contribution in [0.2, 0.25) is 0 Å². The van der Waals surface area contributed by atoms with Gasteiger partial charge in [0.05, 0.1) is 18.5 Å². The van der Waals surface area contributed by atoms with Crippen molar-refractivity contribution >= 4 is 23.6 Å². The smallest absolute Gasteiger partial charge is 0.255 e. The first kappa shape index (κ1) is 29.1. The Morgan fingerprint density at radius 3 is 2.40 bits per heavy atom. The van der Waals surface area contributed by atoms with Crippen LogP contribution < -0.4 is 20.7 Å². The van der Waals surface area contributed by atoms with Crippen molar-refractivity contribution in [1.82, 2.24) is 25.8 Å². The van der Waals surface area contributed by atoms with Gasteiger partial charge in [-0.15, -0.1) is 0 Å². The molecule has 0 radical (unpaired) electrons. The highest BCUT2D eigenvalue weighted by Gasteiger charge is 2.28. The summed E-state index contributed by atoms with van der Waals surface area (Å²) in [7, 11) is 1.62. The molecule has 2 aliphatic rings. The van der Waals surface area contributed by atoms with Crippen LogP contribution in [-0.2, 0) is 27.5 Å². The van der Waals surface area contributed by atoms with Crippen LogP contribution in [0.15, 0.2) is 48.5 Å². The van der Waals surface area contributed by atoms with E-state index in [-0.39, 0.29) is 37.6 Å². The zero-order chi connectivity index (χ0) is 28.5. The maximum absolute atomic E-state index is 13.2. The number of para-hydroxylation sites is 1. The first-order chi connectivity index (χ1) is 19.3. The molecule has 10 heteroatoms. The van der Waals surface area contributed by atoms with Crippen LogP contribution in [0.4, 0.5) is 0 Å². The Hall–Kier alpha value is -3.92. The summed E-state index contributed by atoms with van der Waals surface area (Å²) >= 11 is 0. The number of ether oxygens (including phenoxy) is 1. The van der Waals surface area contributed by atoms with E-state index in [2.05, 4.69) is 33.0 Å². The summed E-state index contributed by atoms with van der Waals surface area (Å²) in [5.41, 5.74) is 2.37. The SMILES string of the molecule is C[C@@H]1NC(=O)C[C@@H](C(=O)NCc2ccc(CN3CCCCC3)cc2)NC(=O)c2ccccc2OCCN(C)C1=O. The van der Waals surface area contributed by atoms with E-state index < -0.39 is 29.8 Å². The van der Waals surface area contributed by atoms with E-state index in [1.165, 1.54) is 29.7 Å². The van der Waals surface area contributed by atoms with Crippen molar-refractivity contribution in [2.75, 3.05) is 33.3 Å². The molecule has 2 atom stereocenters. The summed E-state index contributed by atoms with van der Waals surface area (Å²) in [5, 5.41) is 8.18. The zero-order valence-electron chi connectivity index (χ0n) is 23.3. The van der Waals surface area contributed by atoms with Gasteiger partial charge in [0, 0.05) is 20.1 Å². The molecule has 40 heavy (non-hydrogen) atoms. The molecule has 1 saturated heterocycles. The third-order valence-electron chi connectivity index (χ3n) is 7.30. The minimum absolute atomic E-state index is 0.161. The van der Waals surface area contributed by atoms with Crippen LogP contribution in [0, 0.1) is 0 Å². The van der Waals surface area contributed by atoms with Gasteiger partial charge in [-0.25, -0.2) is 0 Å². The largest absolute Gasteiger partial charge is 0.491 e. The number of hydrogen-bond donors (Lipinski definition) is 3. The number of likely N-dealkylation sites (N-methyl/N-ethyl adjacent to an activating group) is 1. The third kappa shape index (κ3) is 8.05. The van der Waals surface area contributed by atoms with E-state index in [0.29, 0.717) is 5.75 Å². The molecule has 4 amide bonds. The second-order valence-electron chi connectivity index (χ2n) is 10.5. The van der Waals surface area contributed by atoms with Crippen LogP contribution in [0.5, 0.6) is 5.75 Å². The van der Waals surface area contributed by atoms with Crippen LogP contribution in [-0.4, -0.2) is 78.8 Å². The van der Waals surface area contributed by atoms with Gasteiger partial charge in [-0.1, -0.05) is 42.8 Å². The highest BCUT2D eigenvalue weighted by Crippen LogP contribution is 2.19. The van der Waals surface area contributed by atoms with E-state index in [1.54, 1.807) is 38.2 Å². The molecule has 0 spiro atoms. The molecule has 2 aromatic rings. The average molecular weight is 550 g/mol. The molecular formula is C30H39N5O5. The Kier molecular flexibility index (Phi) is 10.1. The molecule has 2 aliphatic heterocycles. The first-order valence-electron chi connectivity index (χ1n) is 13.9. The number of amides is 4. The Morgan fingerprint density at radius 2 is 1.65 bits per heavy atom. The molecule has 10 nitrogen and oxygen atoms in total. The van der Waals surface area contributed by atoms with E-state index in [0.717, 1.165) is 25.2 Å². The molecule has 0 aliphatic carbocycles. The van der Waals surface area contributed by atoms with Crippen LogP contribution in [0.3, 0.4) is 0 Å². The Bertz CT molecular complexity index is 1200. The fraction of sp³-hybridized carbons (Fsp3) is 0.467. The maximum Gasteiger partial charge on any atom is 0.255 e. The van der Waals surface area contributed by atoms with E-state index in [9.17, 15) is 19.2 Å². The number of carbonyl (C=O) groups excluding carboxylic acids is 4. The van der Waals surface area contributed by atoms with E-state index >= 15 is 0 Å². The quantitative estimate of drug-likeness (QED) is 0.524. The molecule has 0 unspecified atom stereocenters. The van der Waals surface area contributed by atoms with Crippen molar-refractivity contribution < 1.29 is 23.9 Å². The van der Waals surface area contributed by atoms with Gasteiger partial charge in [0.1, 0.15) is 24.4 Å². The van der Waals surface area contributed by atoms with Crippen molar-refractivity contribution in [3.05, 3.63) is 65.2 Å². The number of likely N-dealkylation sites (tertiary alicyclic amines) is 1. The molecule has 4 rings (SSSR count). The maximum atomic E-state index is 13.2. The molecule has 214 valence electrons. The van der Waals surface area contributed by atoms with Crippen LogP contribution >= 0.6 is 0 Å². The molecule has 1 fully saturated rings. The molecule has 0 bridgehead atoms. The van der Waals surface area contributed by atoms with Gasteiger partial charge in [0.15, 0.2) is 0 Å². The minimum Gasteiger partial charge on any atom is -0.491 e. The Labute approximate surface area is 235 Å². The van der Waals surface area contributed by atoms with Crippen molar-refractivity contribution in [2.45, 2.75) is 57.8 Å². The number of nitrogens with zero attached hydrogens (tertiary/aromatic N) is 2. The predicted molar refractivity (Wildman–Crippen MR) is 150 cm³/mol. The second kappa shape index (κ2) is 13.9. The lowest BCUT2D eigenvalue weighted by Crippen LogP contribution is -2.52. The number of piperidine rings is 1. The van der Waals surface area contributed by atoms with Crippen molar-refractivity contribution in [2.24, 2.45) is 0 Å². The van der Waals surface area contributed by atoms with Crippen molar-refractivity contribution in [3.63, 3.8) is 0 Å². The molecular weight excluding hydrogens is 510 g/mol. The number of carbonyl (C=O) groups is 4. The van der Waals surface area contributed by atoms with E-state index in [1.807, 2.05) is 12.1 Å². The summed E-state index contributed by atoms with van der Waals surface area (Å²) in [6, 6.07) is 12.8. The number of hydrogen-bond acceptors (Lipinski definition) is 6. The van der Waals surface area contributed by atoms with Crippen LogP contribution in [0.25, 0.3) is 0 Å². The van der Waals surface area contributed by atoms with Gasteiger partial charge >= 0.3 is 0 Å². The fourth-order valence-corrected chi connectivity index (χ4v) is 4.96. The monoisotopic (exact) mass is 549 g/mol. The van der Waals surface area contributed by atoms with Gasteiger partial charge in [-0.05, 0) is 56.1 Å². The number of nitrogens with one attached hydrogen (secondary N) is 3. The normalized spacial score (nSPS) is 21.4. The minimum atomic E-state index is -1.15. The number of rotatable bonds is 5. The second-order valence-corrected chi connectivity index (χ2v) is 10.5. The lowest BCUT2D eigenvalue weighted by Gasteiger charge is -2.26. The van der Waals surface area contributed by atoms with E-state index in [4.69, 9.17) is 4.74 Å². The highest BCUT2D eigenvalue weighted by atomic mass is 16.5. The van der Waals surface area contributed by atoms with Crippen molar-refractivity contribution in [1.29, 1.82) is 0 Å². The molecule has 0 saturated carbocycles. The molecule has 2 aromatic carbocycles. The number of benzene rings is 2. The average Bonchev–Trinajstić information content (AvgIpc) is 2.96.